The van der Waals surface area contributed by atoms with Crippen LogP contribution < -0.4 is 15.8 Å². The average Bonchev–Trinajstić information content (AvgIpc) is 2.46. The van der Waals surface area contributed by atoms with Crippen molar-refractivity contribution in [3.63, 3.8) is 0 Å². The van der Waals surface area contributed by atoms with Gasteiger partial charge >= 0.3 is 0 Å². The Hall–Kier alpha value is -1.36. The Morgan fingerprint density at radius 1 is 1.52 bits per heavy atom. The van der Waals surface area contributed by atoms with E-state index in [2.05, 4.69) is 36.1 Å². The molecule has 0 aromatic carbocycles. The van der Waals surface area contributed by atoms with Gasteiger partial charge in [-0.2, -0.15) is 5.10 Å². The maximum atomic E-state index is 12.2. The molecule has 0 spiro atoms. The quantitative estimate of drug-likeness (QED) is 0.869. The molecule has 2 atom stereocenters. The maximum absolute atomic E-state index is 12.2. The fourth-order valence-electron chi connectivity index (χ4n) is 2.96. The summed E-state index contributed by atoms with van der Waals surface area (Å²) in [5.41, 5.74) is 0.983. The number of anilines is 1. The molecular formula is C16H28N4O. The van der Waals surface area contributed by atoms with Gasteiger partial charge in [0.05, 0.1) is 11.9 Å². The topological polar surface area (TPSA) is 50.2 Å². The van der Waals surface area contributed by atoms with Crippen molar-refractivity contribution in [3.8, 4) is 0 Å². The normalized spacial score (nSPS) is 20.5. The number of aromatic nitrogens is 2. The third-order valence-corrected chi connectivity index (χ3v) is 4.20. The highest BCUT2D eigenvalue weighted by Crippen LogP contribution is 2.20. The Morgan fingerprint density at radius 3 is 3.00 bits per heavy atom. The van der Waals surface area contributed by atoms with Gasteiger partial charge in [-0.25, -0.2) is 4.68 Å². The largest absolute Gasteiger partial charge is 0.370 e. The highest BCUT2D eigenvalue weighted by Gasteiger charge is 2.17. The van der Waals surface area contributed by atoms with Gasteiger partial charge < -0.3 is 10.2 Å². The fraction of sp³-hybridized carbons (Fsp3) is 0.750. The molecule has 1 fully saturated rings. The van der Waals surface area contributed by atoms with Crippen LogP contribution in [-0.4, -0.2) is 35.5 Å². The standard InChI is InChI=1S/C16H28N4O/c1-4-17-14(3)7-9-20-16(21)10-15(11-18-20)19-8-5-6-13(2)12-19/h10-11,13-14,17H,4-9,12H2,1-3H3. The summed E-state index contributed by atoms with van der Waals surface area (Å²) in [6, 6.07) is 2.15. The Bertz CT molecular complexity index is 499. The van der Waals surface area contributed by atoms with Crippen molar-refractivity contribution < 1.29 is 0 Å². The van der Waals surface area contributed by atoms with Gasteiger partial charge in [-0.05, 0) is 38.6 Å². The van der Waals surface area contributed by atoms with Crippen molar-refractivity contribution in [2.75, 3.05) is 24.5 Å². The van der Waals surface area contributed by atoms with Crippen molar-refractivity contribution in [2.45, 2.75) is 52.6 Å². The predicted octanol–water partition coefficient (Wildman–Crippen LogP) is 1.87. The van der Waals surface area contributed by atoms with Crippen LogP contribution in [0.1, 0.15) is 40.0 Å². The van der Waals surface area contributed by atoms with Crippen LogP contribution in [0, 0.1) is 5.92 Å². The first kappa shape index (κ1) is 16.0. The average molecular weight is 292 g/mol. The molecule has 0 saturated carbocycles. The minimum atomic E-state index is 0.00873. The van der Waals surface area contributed by atoms with Gasteiger partial charge in [0.25, 0.3) is 5.56 Å². The van der Waals surface area contributed by atoms with Crippen LogP contribution in [0.3, 0.4) is 0 Å². The zero-order chi connectivity index (χ0) is 15.2. The van der Waals surface area contributed by atoms with Gasteiger partial charge in [0.2, 0.25) is 0 Å². The number of aryl methyl sites for hydroxylation is 1. The van der Waals surface area contributed by atoms with Gasteiger partial charge in [0.1, 0.15) is 0 Å². The Labute approximate surface area is 127 Å². The molecule has 0 bridgehead atoms. The van der Waals surface area contributed by atoms with Crippen LogP contribution in [0.25, 0.3) is 0 Å². The molecule has 1 saturated heterocycles. The minimum Gasteiger partial charge on any atom is -0.370 e. The first-order valence-electron chi connectivity index (χ1n) is 8.15. The molecule has 1 aromatic heterocycles. The van der Waals surface area contributed by atoms with E-state index in [0.717, 1.165) is 31.7 Å². The van der Waals surface area contributed by atoms with Crippen LogP contribution in [0.5, 0.6) is 0 Å². The second-order valence-corrected chi connectivity index (χ2v) is 6.22. The predicted molar refractivity (Wildman–Crippen MR) is 86.9 cm³/mol. The lowest BCUT2D eigenvalue weighted by Crippen LogP contribution is -2.36. The van der Waals surface area contributed by atoms with E-state index in [9.17, 15) is 4.79 Å². The summed E-state index contributed by atoms with van der Waals surface area (Å²) in [5.74, 6) is 0.696. The van der Waals surface area contributed by atoms with Crippen molar-refractivity contribution in [3.05, 3.63) is 22.6 Å². The molecule has 2 unspecified atom stereocenters. The number of hydrogen-bond acceptors (Lipinski definition) is 4. The lowest BCUT2D eigenvalue weighted by molar-refractivity contribution is 0.441. The first-order chi connectivity index (χ1) is 10.1. The molecule has 1 aliphatic rings. The summed E-state index contributed by atoms with van der Waals surface area (Å²) < 4.78 is 1.57. The van der Waals surface area contributed by atoms with E-state index in [4.69, 9.17) is 0 Å². The van der Waals surface area contributed by atoms with E-state index >= 15 is 0 Å². The van der Waals surface area contributed by atoms with E-state index in [-0.39, 0.29) is 5.56 Å². The zero-order valence-electron chi connectivity index (χ0n) is 13.5. The minimum absolute atomic E-state index is 0.00873. The third kappa shape index (κ3) is 4.56. The second-order valence-electron chi connectivity index (χ2n) is 6.22. The van der Waals surface area contributed by atoms with E-state index in [1.54, 1.807) is 10.7 Å². The van der Waals surface area contributed by atoms with Crippen molar-refractivity contribution in [1.29, 1.82) is 0 Å². The van der Waals surface area contributed by atoms with Crippen LogP contribution in [0.15, 0.2) is 17.1 Å². The van der Waals surface area contributed by atoms with E-state index in [0.29, 0.717) is 18.5 Å². The Balaban J connectivity index is 1.98. The summed E-state index contributed by atoms with van der Waals surface area (Å²) in [4.78, 5) is 14.5. The van der Waals surface area contributed by atoms with Crippen LogP contribution in [0.2, 0.25) is 0 Å². The first-order valence-corrected chi connectivity index (χ1v) is 8.15. The summed E-state index contributed by atoms with van der Waals surface area (Å²) in [6.45, 7) is 10.2. The Kier molecular flexibility index (Phi) is 5.79. The van der Waals surface area contributed by atoms with Gasteiger partial charge in [-0.3, -0.25) is 4.79 Å². The number of nitrogens with zero attached hydrogens (tertiary/aromatic N) is 3. The number of piperidine rings is 1. The molecule has 0 amide bonds. The third-order valence-electron chi connectivity index (χ3n) is 4.20. The summed E-state index contributed by atoms with van der Waals surface area (Å²) in [5, 5.41) is 7.70. The molecule has 21 heavy (non-hydrogen) atoms. The maximum Gasteiger partial charge on any atom is 0.268 e. The van der Waals surface area contributed by atoms with Crippen LogP contribution in [0.4, 0.5) is 5.69 Å². The Morgan fingerprint density at radius 2 is 2.33 bits per heavy atom. The summed E-state index contributed by atoms with van der Waals surface area (Å²) in [6.07, 6.45) is 5.24. The molecule has 2 heterocycles. The molecule has 0 aliphatic carbocycles. The van der Waals surface area contributed by atoms with E-state index < -0.39 is 0 Å². The molecular weight excluding hydrogens is 264 g/mol. The van der Waals surface area contributed by atoms with Crippen LogP contribution in [-0.2, 0) is 6.54 Å². The molecule has 0 radical (unpaired) electrons. The van der Waals surface area contributed by atoms with Crippen molar-refractivity contribution >= 4 is 5.69 Å². The lowest BCUT2D eigenvalue weighted by Gasteiger charge is -2.32. The van der Waals surface area contributed by atoms with Crippen molar-refractivity contribution in [1.82, 2.24) is 15.1 Å². The van der Waals surface area contributed by atoms with E-state index in [1.807, 2.05) is 6.20 Å². The second kappa shape index (κ2) is 7.59. The van der Waals surface area contributed by atoms with Gasteiger partial charge in [0.15, 0.2) is 0 Å². The van der Waals surface area contributed by atoms with Gasteiger partial charge in [-0.1, -0.05) is 13.8 Å². The molecule has 2 rings (SSSR count). The molecule has 1 aliphatic heterocycles. The number of nitrogens with one attached hydrogen (secondary N) is 1. The number of rotatable bonds is 6. The molecule has 5 nitrogen and oxygen atoms in total. The molecule has 5 heteroatoms. The molecule has 1 aromatic rings. The number of hydrogen-bond donors (Lipinski definition) is 1. The van der Waals surface area contributed by atoms with E-state index in [1.165, 1.54) is 12.8 Å². The molecule has 118 valence electrons. The molecule has 1 N–H and O–H groups in total. The van der Waals surface area contributed by atoms with Crippen LogP contribution >= 0.6 is 0 Å². The van der Waals surface area contributed by atoms with Gasteiger partial charge in [-0.15, -0.1) is 0 Å². The zero-order valence-corrected chi connectivity index (χ0v) is 13.5. The smallest absolute Gasteiger partial charge is 0.268 e. The highest BCUT2D eigenvalue weighted by molar-refractivity contribution is 5.43. The SMILES string of the molecule is CCNC(C)CCn1ncc(N2CCCC(C)C2)cc1=O. The van der Waals surface area contributed by atoms with Gasteiger partial charge in [0, 0.05) is 31.7 Å². The van der Waals surface area contributed by atoms with Crippen molar-refractivity contribution in [2.24, 2.45) is 5.92 Å². The summed E-state index contributed by atoms with van der Waals surface area (Å²) >= 11 is 0. The monoisotopic (exact) mass is 292 g/mol. The highest BCUT2D eigenvalue weighted by atomic mass is 16.1. The lowest BCUT2D eigenvalue weighted by atomic mass is 10.00. The fourth-order valence-corrected chi connectivity index (χ4v) is 2.96. The summed E-state index contributed by atoms with van der Waals surface area (Å²) in [7, 11) is 0.